The molecule has 0 radical (unpaired) electrons. The molecule has 7 rings (SSSR count). The summed E-state index contributed by atoms with van der Waals surface area (Å²) in [5, 5.41) is 2.57. The van der Waals surface area contributed by atoms with Gasteiger partial charge in [0.2, 0.25) is 0 Å². The van der Waals surface area contributed by atoms with Gasteiger partial charge < -0.3 is 9.47 Å². The normalized spacial score (nSPS) is 13.1. The van der Waals surface area contributed by atoms with Crippen LogP contribution in [0.15, 0.2) is 151 Å². The lowest BCUT2D eigenvalue weighted by Crippen LogP contribution is -2.16. The molecule has 2 heteroatoms. The van der Waals surface area contributed by atoms with Crippen LogP contribution < -0.4 is 4.90 Å². The van der Waals surface area contributed by atoms with Crippen LogP contribution in [-0.4, -0.2) is 4.57 Å². The molecule has 1 heterocycles. The quantitative estimate of drug-likeness (QED) is 0.234. The molecule has 0 aliphatic heterocycles. The summed E-state index contributed by atoms with van der Waals surface area (Å²) in [5.74, 6) is 0. The highest BCUT2D eigenvalue weighted by Crippen LogP contribution is 2.35. The summed E-state index contributed by atoms with van der Waals surface area (Å²) in [6.07, 6.45) is 9.01. The van der Waals surface area contributed by atoms with E-state index >= 15 is 0 Å². The van der Waals surface area contributed by atoms with E-state index in [1.165, 1.54) is 55.7 Å². The van der Waals surface area contributed by atoms with Gasteiger partial charge in [0.15, 0.2) is 0 Å². The highest BCUT2D eigenvalue weighted by Gasteiger charge is 2.15. The van der Waals surface area contributed by atoms with Crippen LogP contribution in [0.3, 0.4) is 0 Å². The Kier molecular flexibility index (Phi) is 5.64. The molecular weight excluding hydrogens is 460 g/mol. The lowest BCUT2D eigenvalue weighted by atomic mass is 10.0. The Hall–Kier alpha value is -4.82. The maximum atomic E-state index is 2.36. The second kappa shape index (κ2) is 9.57. The Balaban J connectivity index is 1.23. The van der Waals surface area contributed by atoms with Crippen molar-refractivity contribution in [1.29, 1.82) is 0 Å². The number of aromatic nitrogens is 1. The van der Waals surface area contributed by atoms with Gasteiger partial charge in [0, 0.05) is 33.5 Å². The Morgan fingerprint density at radius 1 is 0.500 bits per heavy atom. The summed E-state index contributed by atoms with van der Waals surface area (Å²) in [6.45, 7) is 0. The third-order valence-corrected chi connectivity index (χ3v) is 7.41. The van der Waals surface area contributed by atoms with Crippen molar-refractivity contribution in [2.45, 2.75) is 12.8 Å². The highest BCUT2D eigenvalue weighted by atomic mass is 15.1. The van der Waals surface area contributed by atoms with E-state index in [4.69, 9.17) is 0 Å². The summed E-state index contributed by atoms with van der Waals surface area (Å²) in [5.41, 5.74) is 9.64. The van der Waals surface area contributed by atoms with Gasteiger partial charge in [-0.3, -0.25) is 0 Å². The monoisotopic (exact) mass is 488 g/mol. The van der Waals surface area contributed by atoms with Gasteiger partial charge in [0.05, 0.1) is 11.0 Å². The predicted molar refractivity (Wildman–Crippen MR) is 161 cm³/mol. The minimum Gasteiger partial charge on any atom is -0.311 e. The highest BCUT2D eigenvalue weighted by molar-refractivity contribution is 6.09. The van der Waals surface area contributed by atoms with Crippen LogP contribution in [0.25, 0.3) is 38.6 Å². The van der Waals surface area contributed by atoms with E-state index in [0.717, 1.165) is 12.8 Å². The van der Waals surface area contributed by atoms with Crippen molar-refractivity contribution in [2.24, 2.45) is 0 Å². The van der Waals surface area contributed by atoms with E-state index in [2.05, 4.69) is 155 Å². The molecule has 1 aliphatic rings. The first-order valence-electron chi connectivity index (χ1n) is 13.3. The summed E-state index contributed by atoms with van der Waals surface area (Å²) in [4.78, 5) is 2.34. The van der Waals surface area contributed by atoms with Gasteiger partial charge in [0.1, 0.15) is 0 Å². The molecular formula is C36H28N2. The second-order valence-electron chi connectivity index (χ2n) is 9.74. The lowest BCUT2D eigenvalue weighted by molar-refractivity contribution is 0.997. The van der Waals surface area contributed by atoms with Gasteiger partial charge >= 0.3 is 0 Å². The van der Waals surface area contributed by atoms with Gasteiger partial charge in [-0.1, -0.05) is 91.0 Å². The fourth-order valence-electron chi connectivity index (χ4n) is 5.60. The molecule has 0 saturated heterocycles. The number of fused-ring (bicyclic) bond motifs is 3. The number of para-hydroxylation sites is 3. The number of anilines is 2. The Labute approximate surface area is 223 Å². The molecule has 0 fully saturated rings. The van der Waals surface area contributed by atoms with Crippen LogP contribution in [0.1, 0.15) is 12.8 Å². The largest absolute Gasteiger partial charge is 0.311 e. The average Bonchev–Trinajstić information content (AvgIpc) is 3.33. The molecule has 0 bridgehead atoms. The Bertz CT molecular complexity index is 1730. The maximum Gasteiger partial charge on any atom is 0.0541 e. The summed E-state index contributed by atoms with van der Waals surface area (Å²) < 4.78 is 2.36. The molecule has 0 amide bonds. The van der Waals surface area contributed by atoms with Gasteiger partial charge in [-0.05, 0) is 78.6 Å². The van der Waals surface area contributed by atoms with Crippen molar-refractivity contribution < 1.29 is 0 Å². The van der Waals surface area contributed by atoms with Crippen molar-refractivity contribution in [3.8, 4) is 16.8 Å². The van der Waals surface area contributed by atoms with Crippen molar-refractivity contribution in [3.63, 3.8) is 0 Å². The van der Waals surface area contributed by atoms with E-state index in [0.29, 0.717) is 0 Å². The first kappa shape index (κ1) is 22.4. The van der Waals surface area contributed by atoms with Crippen LogP contribution in [-0.2, 0) is 0 Å². The van der Waals surface area contributed by atoms with Crippen molar-refractivity contribution in [2.75, 3.05) is 4.90 Å². The molecule has 38 heavy (non-hydrogen) atoms. The minimum atomic E-state index is 1.07. The smallest absolute Gasteiger partial charge is 0.0541 e. The van der Waals surface area contributed by atoms with E-state index in [9.17, 15) is 0 Å². The van der Waals surface area contributed by atoms with Crippen LogP contribution in [0.2, 0.25) is 0 Å². The molecule has 0 N–H and O–H groups in total. The topological polar surface area (TPSA) is 8.17 Å². The minimum absolute atomic E-state index is 1.07. The van der Waals surface area contributed by atoms with Gasteiger partial charge in [0.25, 0.3) is 0 Å². The molecule has 6 aromatic rings. The standard InChI is InChI=1S/C36H28N2/c1-3-11-29(12-4-1)37(30-13-5-2-6-14-30)31-23-19-27(20-24-31)28-21-25-32(26-22-28)38-35-17-9-7-15-33(35)34-16-8-10-18-36(34)38/h1,3-5,7-26H,2,6H2. The third kappa shape index (κ3) is 3.91. The average molecular weight is 489 g/mol. The second-order valence-corrected chi connectivity index (χ2v) is 9.74. The number of hydrogen-bond donors (Lipinski definition) is 0. The maximum absolute atomic E-state index is 2.36. The van der Waals surface area contributed by atoms with Crippen molar-refractivity contribution in [3.05, 3.63) is 151 Å². The summed E-state index contributed by atoms with van der Waals surface area (Å²) in [7, 11) is 0. The zero-order valence-corrected chi connectivity index (χ0v) is 21.2. The number of rotatable bonds is 5. The number of benzene rings is 5. The zero-order valence-electron chi connectivity index (χ0n) is 21.2. The molecule has 0 spiro atoms. The Morgan fingerprint density at radius 3 is 1.66 bits per heavy atom. The fraction of sp³-hybridized carbons (Fsp3) is 0.0556. The van der Waals surface area contributed by atoms with E-state index < -0.39 is 0 Å². The molecule has 5 aromatic carbocycles. The van der Waals surface area contributed by atoms with E-state index in [-0.39, 0.29) is 0 Å². The zero-order chi connectivity index (χ0) is 25.3. The van der Waals surface area contributed by atoms with Gasteiger partial charge in [-0.2, -0.15) is 0 Å². The molecule has 0 unspecified atom stereocenters. The van der Waals surface area contributed by atoms with Crippen LogP contribution >= 0.6 is 0 Å². The summed E-state index contributed by atoms with van der Waals surface area (Å²) in [6, 6.07) is 45.8. The molecule has 1 aromatic heterocycles. The fourth-order valence-corrected chi connectivity index (χ4v) is 5.60. The van der Waals surface area contributed by atoms with Crippen LogP contribution in [0, 0.1) is 0 Å². The lowest BCUT2D eigenvalue weighted by Gasteiger charge is -2.27. The molecule has 1 aliphatic carbocycles. The van der Waals surface area contributed by atoms with E-state index in [1.807, 2.05) is 0 Å². The number of nitrogens with zero attached hydrogens (tertiary/aromatic N) is 2. The SMILES string of the molecule is C1=CC(N(c2ccccc2)c2ccc(-c3ccc(-n4c5ccccc5c5ccccc54)cc3)cc2)=CCC1. The van der Waals surface area contributed by atoms with Crippen LogP contribution in [0.5, 0.6) is 0 Å². The van der Waals surface area contributed by atoms with Gasteiger partial charge in [-0.15, -0.1) is 0 Å². The first-order chi connectivity index (χ1) is 18.9. The Morgan fingerprint density at radius 2 is 1.05 bits per heavy atom. The summed E-state index contributed by atoms with van der Waals surface area (Å²) >= 11 is 0. The molecule has 0 atom stereocenters. The number of hydrogen-bond acceptors (Lipinski definition) is 1. The van der Waals surface area contributed by atoms with Gasteiger partial charge in [-0.25, -0.2) is 0 Å². The first-order valence-corrected chi connectivity index (χ1v) is 13.3. The third-order valence-electron chi connectivity index (χ3n) is 7.41. The van der Waals surface area contributed by atoms with E-state index in [1.54, 1.807) is 0 Å². The van der Waals surface area contributed by atoms with Crippen molar-refractivity contribution in [1.82, 2.24) is 4.57 Å². The van der Waals surface area contributed by atoms with Crippen LogP contribution in [0.4, 0.5) is 11.4 Å². The molecule has 0 saturated carbocycles. The molecule has 2 nitrogen and oxygen atoms in total. The van der Waals surface area contributed by atoms with Crippen molar-refractivity contribution >= 4 is 33.2 Å². The predicted octanol–water partition coefficient (Wildman–Crippen LogP) is 9.82. The molecule has 182 valence electrons. The number of allylic oxidation sites excluding steroid dienone is 3.